The van der Waals surface area contributed by atoms with Crippen molar-refractivity contribution in [1.82, 2.24) is 10.6 Å². The Morgan fingerprint density at radius 2 is 2.15 bits per heavy atom. The Morgan fingerprint density at radius 1 is 1.38 bits per heavy atom. The number of benzene rings is 1. The number of fused-ring (bicyclic) bond motifs is 1. The van der Waals surface area contributed by atoms with Crippen LogP contribution in [0.15, 0.2) is 18.2 Å². The molecule has 144 valence electrons. The van der Waals surface area contributed by atoms with Crippen molar-refractivity contribution in [3.63, 3.8) is 0 Å². The number of nitrogens with one attached hydrogen (secondary N) is 2. The second-order valence-corrected chi connectivity index (χ2v) is 7.34. The molecule has 0 saturated carbocycles. The minimum atomic E-state index is -0.461. The van der Waals surface area contributed by atoms with E-state index >= 15 is 0 Å². The summed E-state index contributed by atoms with van der Waals surface area (Å²) in [4.78, 5) is 24.2. The third-order valence-electron chi connectivity index (χ3n) is 4.18. The summed E-state index contributed by atoms with van der Waals surface area (Å²) >= 11 is 6.02. The third kappa shape index (κ3) is 6.09. The highest BCUT2D eigenvalue weighted by molar-refractivity contribution is 6.30. The average Bonchev–Trinajstić information content (AvgIpc) is 2.58. The zero-order chi connectivity index (χ0) is 19.1. The van der Waals surface area contributed by atoms with Gasteiger partial charge in [0, 0.05) is 17.6 Å². The van der Waals surface area contributed by atoms with Crippen LogP contribution in [0.4, 0.5) is 4.79 Å². The highest BCUT2D eigenvalue weighted by Crippen LogP contribution is 2.29. The molecule has 2 atom stereocenters. The molecule has 2 rings (SSSR count). The number of alkyl carbamates (subject to hydrolysis) is 1. The fraction of sp³-hybridized carbons (Fsp3) is 0.579. The van der Waals surface area contributed by atoms with Gasteiger partial charge in [-0.3, -0.25) is 4.79 Å². The molecule has 0 fully saturated rings. The number of amides is 2. The van der Waals surface area contributed by atoms with Crippen molar-refractivity contribution in [1.29, 1.82) is 0 Å². The maximum absolute atomic E-state index is 12.5. The topological polar surface area (TPSA) is 76.7 Å². The summed E-state index contributed by atoms with van der Waals surface area (Å²) in [6.07, 6.45) is 0.873. The van der Waals surface area contributed by atoms with Crippen molar-refractivity contribution in [3.8, 4) is 5.75 Å². The first kappa shape index (κ1) is 20.4. The lowest BCUT2D eigenvalue weighted by Gasteiger charge is -2.26. The van der Waals surface area contributed by atoms with Gasteiger partial charge in [-0.1, -0.05) is 25.4 Å². The largest absolute Gasteiger partial charge is 0.492 e. The van der Waals surface area contributed by atoms with Crippen LogP contribution in [0.3, 0.4) is 0 Å². The van der Waals surface area contributed by atoms with Gasteiger partial charge in [-0.15, -0.1) is 0 Å². The quantitative estimate of drug-likeness (QED) is 0.759. The summed E-state index contributed by atoms with van der Waals surface area (Å²) in [5.41, 5.74) is 0.937. The zero-order valence-corrected chi connectivity index (χ0v) is 16.3. The molecule has 1 aromatic rings. The molecule has 2 unspecified atom stereocenters. The van der Waals surface area contributed by atoms with Crippen LogP contribution in [-0.2, 0) is 16.0 Å². The first-order valence-electron chi connectivity index (χ1n) is 9.01. The van der Waals surface area contributed by atoms with Crippen LogP contribution in [0, 0.1) is 11.8 Å². The van der Waals surface area contributed by atoms with E-state index in [0.717, 1.165) is 17.7 Å². The van der Waals surface area contributed by atoms with Crippen molar-refractivity contribution in [2.24, 2.45) is 11.8 Å². The van der Waals surface area contributed by atoms with Crippen molar-refractivity contribution >= 4 is 23.6 Å². The van der Waals surface area contributed by atoms with Crippen LogP contribution in [0.1, 0.15) is 32.8 Å². The van der Waals surface area contributed by atoms with E-state index in [1.807, 2.05) is 12.1 Å². The monoisotopic (exact) mass is 382 g/mol. The molecule has 0 radical (unpaired) electrons. The third-order valence-corrected chi connectivity index (χ3v) is 4.41. The van der Waals surface area contributed by atoms with E-state index in [9.17, 15) is 9.59 Å². The summed E-state index contributed by atoms with van der Waals surface area (Å²) in [6.45, 7) is 6.89. The molecule has 2 N–H and O–H groups in total. The molecule has 1 aromatic carbocycles. The Hall–Kier alpha value is -1.95. The normalized spacial score (nSPS) is 17.0. The van der Waals surface area contributed by atoms with Crippen LogP contribution in [0.25, 0.3) is 0 Å². The van der Waals surface area contributed by atoms with Gasteiger partial charge in [0.15, 0.2) is 0 Å². The summed E-state index contributed by atoms with van der Waals surface area (Å²) in [6, 6.07) is 5.26. The molecule has 1 heterocycles. The average molecular weight is 383 g/mol. The molecule has 6 nitrogen and oxygen atoms in total. The van der Waals surface area contributed by atoms with Gasteiger partial charge in [0.05, 0.1) is 12.5 Å². The molecule has 0 bridgehead atoms. The molecule has 0 aromatic heterocycles. The molecule has 1 aliphatic heterocycles. The van der Waals surface area contributed by atoms with Gasteiger partial charge in [0.25, 0.3) is 0 Å². The molecule has 26 heavy (non-hydrogen) atoms. The van der Waals surface area contributed by atoms with E-state index in [1.54, 1.807) is 13.0 Å². The van der Waals surface area contributed by atoms with E-state index in [1.165, 1.54) is 0 Å². The molecule has 0 saturated heterocycles. The lowest BCUT2D eigenvalue weighted by Crippen LogP contribution is -2.47. The second kappa shape index (κ2) is 9.67. The van der Waals surface area contributed by atoms with Gasteiger partial charge in [-0.25, -0.2) is 4.79 Å². The first-order valence-corrected chi connectivity index (χ1v) is 9.39. The van der Waals surface area contributed by atoms with Gasteiger partial charge < -0.3 is 20.1 Å². The van der Waals surface area contributed by atoms with Gasteiger partial charge in [0.2, 0.25) is 5.91 Å². The lowest BCUT2D eigenvalue weighted by atomic mass is 9.95. The summed E-state index contributed by atoms with van der Waals surface area (Å²) in [7, 11) is 0. The van der Waals surface area contributed by atoms with Crippen molar-refractivity contribution < 1.29 is 19.1 Å². The van der Waals surface area contributed by atoms with Crippen LogP contribution in [0.5, 0.6) is 5.75 Å². The molecule has 0 spiro atoms. The summed E-state index contributed by atoms with van der Waals surface area (Å²) in [5, 5.41) is 6.36. The van der Waals surface area contributed by atoms with E-state index in [-0.39, 0.29) is 17.9 Å². The van der Waals surface area contributed by atoms with Gasteiger partial charge >= 0.3 is 6.09 Å². The fourth-order valence-corrected chi connectivity index (χ4v) is 3.20. The SMILES string of the molecule is CCOC(=O)NC(CNC(=O)C1COc2ccc(Cl)cc2C1)CC(C)C. The van der Waals surface area contributed by atoms with Gasteiger partial charge in [-0.05, 0) is 49.4 Å². The summed E-state index contributed by atoms with van der Waals surface area (Å²) < 4.78 is 10.6. The number of hydrogen-bond donors (Lipinski definition) is 2. The predicted octanol–water partition coefficient (Wildman–Crippen LogP) is 3.17. The molecule has 7 heteroatoms. The Morgan fingerprint density at radius 3 is 2.85 bits per heavy atom. The Kier molecular flexibility index (Phi) is 7.57. The number of rotatable bonds is 7. The predicted molar refractivity (Wildman–Crippen MR) is 101 cm³/mol. The van der Waals surface area contributed by atoms with Crippen molar-refractivity contribution in [2.45, 2.75) is 39.7 Å². The standard InChI is InChI=1S/C19H27ClN2O4/c1-4-25-19(24)22-16(7-12(2)3)10-21-18(23)14-8-13-9-15(20)5-6-17(13)26-11-14/h5-6,9,12,14,16H,4,7-8,10-11H2,1-3H3,(H,21,23)(H,22,24). The minimum absolute atomic E-state index is 0.0879. The molecular formula is C19H27ClN2O4. The number of carbonyl (C=O) groups excluding carboxylic acids is 2. The smallest absolute Gasteiger partial charge is 0.407 e. The molecule has 1 aliphatic rings. The number of hydrogen-bond acceptors (Lipinski definition) is 4. The van der Waals surface area contributed by atoms with Crippen LogP contribution in [0.2, 0.25) is 5.02 Å². The van der Waals surface area contributed by atoms with Crippen LogP contribution < -0.4 is 15.4 Å². The maximum atomic E-state index is 12.5. The zero-order valence-electron chi connectivity index (χ0n) is 15.5. The molecular weight excluding hydrogens is 356 g/mol. The van der Waals surface area contributed by atoms with Crippen LogP contribution >= 0.6 is 11.6 Å². The van der Waals surface area contributed by atoms with Gasteiger partial charge in [0.1, 0.15) is 12.4 Å². The molecule has 0 aliphatic carbocycles. The molecule has 2 amide bonds. The van der Waals surface area contributed by atoms with Crippen LogP contribution in [-0.4, -0.2) is 37.8 Å². The Labute approximate surface area is 159 Å². The summed E-state index contributed by atoms with van der Waals surface area (Å²) in [5.74, 6) is 0.796. The van der Waals surface area contributed by atoms with Crippen molar-refractivity contribution in [2.75, 3.05) is 19.8 Å². The van der Waals surface area contributed by atoms with Gasteiger partial charge in [-0.2, -0.15) is 0 Å². The van der Waals surface area contributed by atoms with E-state index in [4.69, 9.17) is 21.1 Å². The first-order chi connectivity index (χ1) is 12.4. The number of carbonyl (C=O) groups is 2. The minimum Gasteiger partial charge on any atom is -0.492 e. The highest BCUT2D eigenvalue weighted by atomic mass is 35.5. The number of halogens is 1. The fourth-order valence-electron chi connectivity index (χ4n) is 3.00. The Balaban J connectivity index is 1.90. The Bertz CT molecular complexity index is 636. The van der Waals surface area contributed by atoms with E-state index < -0.39 is 6.09 Å². The maximum Gasteiger partial charge on any atom is 0.407 e. The second-order valence-electron chi connectivity index (χ2n) is 6.90. The number of ether oxygens (including phenoxy) is 2. The highest BCUT2D eigenvalue weighted by Gasteiger charge is 2.27. The van der Waals surface area contributed by atoms with Crippen molar-refractivity contribution in [3.05, 3.63) is 28.8 Å². The lowest BCUT2D eigenvalue weighted by molar-refractivity contribution is -0.126. The van der Waals surface area contributed by atoms with E-state index in [0.29, 0.717) is 37.1 Å². The van der Waals surface area contributed by atoms with E-state index in [2.05, 4.69) is 24.5 Å².